The summed E-state index contributed by atoms with van der Waals surface area (Å²) in [5.41, 5.74) is 1.49. The van der Waals surface area contributed by atoms with E-state index in [1.807, 2.05) is 11.3 Å². The maximum atomic E-state index is 3.41. The summed E-state index contributed by atoms with van der Waals surface area (Å²) in [4.78, 5) is 1.46. The van der Waals surface area contributed by atoms with Crippen LogP contribution in [0.5, 0.6) is 0 Å². The summed E-state index contributed by atoms with van der Waals surface area (Å²) in [5, 5.41) is 5.60. The van der Waals surface area contributed by atoms with Crippen LogP contribution in [0.2, 0.25) is 0 Å². The zero-order valence-electron chi connectivity index (χ0n) is 9.47. The molecule has 1 heterocycles. The molecule has 0 amide bonds. The van der Waals surface area contributed by atoms with Crippen molar-refractivity contribution in [2.45, 2.75) is 45.6 Å². The standard InChI is InChI=1S/C12H21NS/c1-4-5-6-7-12(13-3)11-8-9-14-10(11)2/h8-9,12-13H,4-7H2,1-3H3. The summed E-state index contributed by atoms with van der Waals surface area (Å²) in [6, 6.07) is 2.82. The monoisotopic (exact) mass is 211 g/mol. The molecule has 1 N–H and O–H groups in total. The van der Waals surface area contributed by atoms with Crippen LogP contribution in [0.4, 0.5) is 0 Å². The van der Waals surface area contributed by atoms with Gasteiger partial charge < -0.3 is 5.32 Å². The van der Waals surface area contributed by atoms with Crippen molar-refractivity contribution in [3.05, 3.63) is 21.9 Å². The predicted octanol–water partition coefficient (Wildman–Crippen LogP) is 3.90. The Kier molecular flexibility index (Phi) is 5.20. The topological polar surface area (TPSA) is 12.0 Å². The largest absolute Gasteiger partial charge is 0.313 e. The van der Waals surface area contributed by atoms with Crippen LogP contribution in [0.25, 0.3) is 0 Å². The summed E-state index contributed by atoms with van der Waals surface area (Å²) in [6.45, 7) is 4.47. The summed E-state index contributed by atoms with van der Waals surface area (Å²) < 4.78 is 0. The lowest BCUT2D eigenvalue weighted by molar-refractivity contribution is 0.511. The lowest BCUT2D eigenvalue weighted by Gasteiger charge is -2.15. The summed E-state index contributed by atoms with van der Waals surface area (Å²) in [5.74, 6) is 0. The van der Waals surface area contributed by atoms with Crippen LogP contribution in [0, 0.1) is 6.92 Å². The van der Waals surface area contributed by atoms with Gasteiger partial charge in [0.2, 0.25) is 0 Å². The van der Waals surface area contributed by atoms with Crippen molar-refractivity contribution in [3.8, 4) is 0 Å². The van der Waals surface area contributed by atoms with Gasteiger partial charge in [0, 0.05) is 10.9 Å². The molecule has 0 saturated carbocycles. The maximum Gasteiger partial charge on any atom is 0.0328 e. The van der Waals surface area contributed by atoms with Crippen molar-refractivity contribution < 1.29 is 0 Å². The van der Waals surface area contributed by atoms with E-state index in [4.69, 9.17) is 0 Å². The fourth-order valence-corrected chi connectivity index (χ4v) is 2.58. The molecule has 0 bridgehead atoms. The van der Waals surface area contributed by atoms with Crippen molar-refractivity contribution in [2.75, 3.05) is 7.05 Å². The molecular formula is C12H21NS. The van der Waals surface area contributed by atoms with Crippen molar-refractivity contribution in [2.24, 2.45) is 0 Å². The highest BCUT2D eigenvalue weighted by Gasteiger charge is 2.11. The highest BCUT2D eigenvalue weighted by molar-refractivity contribution is 7.10. The van der Waals surface area contributed by atoms with Gasteiger partial charge in [-0.3, -0.25) is 0 Å². The molecule has 1 unspecified atom stereocenters. The molecule has 14 heavy (non-hydrogen) atoms. The molecule has 0 aliphatic rings. The molecule has 0 fully saturated rings. The molecule has 0 spiro atoms. The van der Waals surface area contributed by atoms with E-state index in [0.29, 0.717) is 6.04 Å². The molecule has 1 aromatic heterocycles. The molecule has 0 aliphatic heterocycles. The number of rotatable bonds is 6. The third-order valence-electron chi connectivity index (χ3n) is 2.72. The van der Waals surface area contributed by atoms with E-state index >= 15 is 0 Å². The second-order valence-corrected chi connectivity index (χ2v) is 4.89. The number of unbranched alkanes of at least 4 members (excludes halogenated alkanes) is 2. The molecule has 0 saturated heterocycles. The Hall–Kier alpha value is -0.340. The quantitative estimate of drug-likeness (QED) is 0.704. The van der Waals surface area contributed by atoms with Crippen LogP contribution in [0.15, 0.2) is 11.4 Å². The molecule has 1 nitrogen and oxygen atoms in total. The van der Waals surface area contributed by atoms with Crippen LogP contribution in [-0.2, 0) is 0 Å². The first-order chi connectivity index (χ1) is 6.79. The van der Waals surface area contributed by atoms with Crippen LogP contribution >= 0.6 is 11.3 Å². The van der Waals surface area contributed by atoms with E-state index in [2.05, 4.69) is 37.7 Å². The number of hydrogen-bond acceptors (Lipinski definition) is 2. The van der Waals surface area contributed by atoms with Gasteiger partial charge in [-0.25, -0.2) is 0 Å². The number of thiophene rings is 1. The average Bonchev–Trinajstić information content (AvgIpc) is 2.60. The summed E-state index contributed by atoms with van der Waals surface area (Å²) in [7, 11) is 2.06. The van der Waals surface area contributed by atoms with Gasteiger partial charge in [-0.15, -0.1) is 11.3 Å². The van der Waals surface area contributed by atoms with E-state index in [9.17, 15) is 0 Å². The minimum Gasteiger partial charge on any atom is -0.313 e. The van der Waals surface area contributed by atoms with Crippen molar-refractivity contribution in [1.29, 1.82) is 0 Å². The van der Waals surface area contributed by atoms with Crippen LogP contribution in [0.3, 0.4) is 0 Å². The van der Waals surface area contributed by atoms with Gasteiger partial charge in [-0.05, 0) is 37.4 Å². The van der Waals surface area contributed by atoms with Crippen LogP contribution in [-0.4, -0.2) is 7.05 Å². The Balaban J connectivity index is 2.50. The highest BCUT2D eigenvalue weighted by Crippen LogP contribution is 2.26. The summed E-state index contributed by atoms with van der Waals surface area (Å²) >= 11 is 1.85. The van der Waals surface area contributed by atoms with Crippen LogP contribution < -0.4 is 5.32 Å². The third kappa shape index (κ3) is 3.10. The molecule has 80 valence electrons. The van der Waals surface area contributed by atoms with Crippen LogP contribution in [0.1, 0.15) is 49.1 Å². The first-order valence-corrected chi connectivity index (χ1v) is 6.38. The Labute approximate surface area is 91.5 Å². The van der Waals surface area contributed by atoms with Gasteiger partial charge in [0.1, 0.15) is 0 Å². The molecule has 1 aromatic rings. The Bertz CT molecular complexity index is 255. The van der Waals surface area contributed by atoms with Gasteiger partial charge >= 0.3 is 0 Å². The average molecular weight is 211 g/mol. The second kappa shape index (κ2) is 6.20. The maximum absolute atomic E-state index is 3.41. The lowest BCUT2D eigenvalue weighted by Crippen LogP contribution is -2.16. The number of aryl methyl sites for hydroxylation is 1. The molecule has 0 radical (unpaired) electrons. The number of nitrogens with one attached hydrogen (secondary N) is 1. The Morgan fingerprint density at radius 3 is 2.71 bits per heavy atom. The van der Waals surface area contributed by atoms with Crippen molar-refractivity contribution in [3.63, 3.8) is 0 Å². The van der Waals surface area contributed by atoms with Gasteiger partial charge in [0.05, 0.1) is 0 Å². The van der Waals surface area contributed by atoms with Crippen molar-refractivity contribution >= 4 is 11.3 Å². The lowest BCUT2D eigenvalue weighted by atomic mass is 10.0. The summed E-state index contributed by atoms with van der Waals surface area (Å²) in [6.07, 6.45) is 5.25. The fourth-order valence-electron chi connectivity index (χ4n) is 1.81. The Morgan fingerprint density at radius 2 is 2.21 bits per heavy atom. The minimum absolute atomic E-state index is 0.563. The smallest absolute Gasteiger partial charge is 0.0328 e. The van der Waals surface area contributed by atoms with Gasteiger partial charge in [-0.1, -0.05) is 26.2 Å². The number of hydrogen-bond donors (Lipinski definition) is 1. The van der Waals surface area contributed by atoms with Crippen molar-refractivity contribution in [1.82, 2.24) is 5.32 Å². The van der Waals surface area contributed by atoms with Gasteiger partial charge in [-0.2, -0.15) is 0 Å². The SMILES string of the molecule is CCCCCC(NC)c1ccsc1C. The first kappa shape index (κ1) is 11.7. The van der Waals surface area contributed by atoms with Gasteiger partial charge in [0.25, 0.3) is 0 Å². The second-order valence-electron chi connectivity index (χ2n) is 3.77. The predicted molar refractivity (Wildman–Crippen MR) is 65.0 cm³/mol. The molecular weight excluding hydrogens is 190 g/mol. The molecule has 0 aliphatic carbocycles. The first-order valence-electron chi connectivity index (χ1n) is 5.50. The van der Waals surface area contributed by atoms with E-state index in [1.165, 1.54) is 36.1 Å². The molecule has 1 atom stereocenters. The van der Waals surface area contributed by atoms with Gasteiger partial charge in [0.15, 0.2) is 0 Å². The zero-order chi connectivity index (χ0) is 10.4. The van der Waals surface area contributed by atoms with E-state index in [1.54, 1.807) is 0 Å². The molecule has 0 aromatic carbocycles. The van der Waals surface area contributed by atoms with E-state index in [0.717, 1.165) is 0 Å². The van der Waals surface area contributed by atoms with E-state index < -0.39 is 0 Å². The minimum atomic E-state index is 0.563. The van der Waals surface area contributed by atoms with E-state index in [-0.39, 0.29) is 0 Å². The third-order valence-corrected chi connectivity index (χ3v) is 3.58. The fraction of sp³-hybridized carbons (Fsp3) is 0.667. The normalized spacial score (nSPS) is 13.1. The highest BCUT2D eigenvalue weighted by atomic mass is 32.1. The molecule has 1 rings (SSSR count). The Morgan fingerprint density at radius 1 is 1.43 bits per heavy atom. The zero-order valence-corrected chi connectivity index (χ0v) is 10.3. The molecule has 2 heteroatoms.